The molecule has 116 valence electrons. The highest BCUT2D eigenvalue weighted by Crippen LogP contribution is 2.30. The zero-order valence-corrected chi connectivity index (χ0v) is 12.7. The molecule has 6 heteroatoms. The van der Waals surface area contributed by atoms with E-state index in [2.05, 4.69) is 4.98 Å². The largest absolute Gasteiger partial charge is 0.482 e. The first-order valence-corrected chi connectivity index (χ1v) is 7.17. The molecular weight excluding hydrogens is 318 g/mol. The number of aromatic nitrogens is 1. The zero-order valence-electron chi connectivity index (χ0n) is 11.9. The van der Waals surface area contributed by atoms with Crippen molar-refractivity contribution in [1.82, 2.24) is 4.98 Å². The Kier molecular flexibility index (Phi) is 4.30. The number of fused-ring (bicyclic) bond motifs is 1. The lowest BCUT2D eigenvalue weighted by atomic mass is 10.2. The minimum absolute atomic E-state index is 0.347. The smallest absolute Gasteiger partial charge is 0.341 e. The summed E-state index contributed by atoms with van der Waals surface area (Å²) in [4.78, 5) is 14.7. The molecule has 0 bridgehead atoms. The highest BCUT2D eigenvalue weighted by molar-refractivity contribution is 6.30. The molecule has 23 heavy (non-hydrogen) atoms. The Hall–Kier alpha value is -2.79. The van der Waals surface area contributed by atoms with Gasteiger partial charge in [0.2, 0.25) is 5.88 Å². The molecule has 0 fully saturated rings. The number of benzene rings is 2. The summed E-state index contributed by atoms with van der Waals surface area (Å²) >= 11 is 6.02. The summed E-state index contributed by atoms with van der Waals surface area (Å²) in [5, 5.41) is 10.7. The van der Waals surface area contributed by atoms with E-state index in [0.717, 1.165) is 10.8 Å². The van der Waals surface area contributed by atoms with Gasteiger partial charge < -0.3 is 14.6 Å². The molecular formula is C17H12ClNO4. The molecule has 0 aliphatic rings. The molecule has 0 spiro atoms. The maximum absolute atomic E-state index is 10.5. The van der Waals surface area contributed by atoms with E-state index in [4.69, 9.17) is 26.2 Å². The summed E-state index contributed by atoms with van der Waals surface area (Å²) in [6, 6.07) is 16.0. The minimum Gasteiger partial charge on any atom is -0.482 e. The molecule has 0 saturated carbocycles. The van der Waals surface area contributed by atoms with Crippen molar-refractivity contribution in [3.05, 3.63) is 59.8 Å². The first-order chi connectivity index (χ1) is 11.1. The average Bonchev–Trinajstić information content (AvgIpc) is 2.54. The van der Waals surface area contributed by atoms with Crippen molar-refractivity contribution in [1.29, 1.82) is 0 Å². The Bertz CT molecular complexity index is 849. The van der Waals surface area contributed by atoms with Gasteiger partial charge in [-0.05, 0) is 41.8 Å². The van der Waals surface area contributed by atoms with E-state index >= 15 is 0 Å². The quantitative estimate of drug-likeness (QED) is 0.712. The fourth-order valence-electron chi connectivity index (χ4n) is 2.07. The number of nitrogens with zero attached hydrogens (tertiary/aromatic N) is 1. The summed E-state index contributed by atoms with van der Waals surface area (Å²) in [7, 11) is 0. The maximum atomic E-state index is 10.5. The predicted octanol–water partition coefficient (Wildman–Crippen LogP) is 4.14. The number of aliphatic carboxylic acids is 1. The Morgan fingerprint density at radius 1 is 1.09 bits per heavy atom. The topological polar surface area (TPSA) is 68.7 Å². The standard InChI is InChI=1S/C17H12ClNO4/c18-15-9-11-3-1-2-4-14(11)17(19-15)23-13-7-5-12(6-8-13)22-10-16(20)21/h1-9H,10H2,(H,20,21). The van der Waals surface area contributed by atoms with Gasteiger partial charge in [0.25, 0.3) is 0 Å². The number of halogens is 1. The van der Waals surface area contributed by atoms with Crippen LogP contribution in [0.5, 0.6) is 17.4 Å². The van der Waals surface area contributed by atoms with Crippen molar-refractivity contribution in [2.45, 2.75) is 0 Å². The molecule has 1 N–H and O–H groups in total. The van der Waals surface area contributed by atoms with E-state index in [-0.39, 0.29) is 6.61 Å². The molecule has 5 nitrogen and oxygen atoms in total. The van der Waals surface area contributed by atoms with Crippen LogP contribution in [0.3, 0.4) is 0 Å². The Balaban J connectivity index is 1.83. The van der Waals surface area contributed by atoms with Crippen LogP contribution in [0.25, 0.3) is 10.8 Å². The normalized spacial score (nSPS) is 10.5. The van der Waals surface area contributed by atoms with E-state index in [1.54, 1.807) is 30.3 Å². The van der Waals surface area contributed by atoms with E-state index in [9.17, 15) is 4.79 Å². The second-order valence-electron chi connectivity index (χ2n) is 4.73. The van der Waals surface area contributed by atoms with E-state index in [1.807, 2.05) is 24.3 Å². The number of carbonyl (C=O) groups is 1. The molecule has 3 rings (SSSR count). The Morgan fingerprint density at radius 2 is 1.78 bits per heavy atom. The summed E-state index contributed by atoms with van der Waals surface area (Å²) in [6.07, 6.45) is 0. The first-order valence-electron chi connectivity index (χ1n) is 6.79. The summed E-state index contributed by atoms with van der Waals surface area (Å²) in [6.45, 7) is -0.388. The van der Waals surface area contributed by atoms with Crippen LogP contribution < -0.4 is 9.47 Å². The first kappa shape index (κ1) is 15.1. The zero-order chi connectivity index (χ0) is 16.2. The van der Waals surface area contributed by atoms with Crippen LogP contribution in [0.4, 0.5) is 0 Å². The third-order valence-electron chi connectivity index (χ3n) is 3.07. The van der Waals surface area contributed by atoms with Gasteiger partial charge in [0.05, 0.1) is 0 Å². The minimum atomic E-state index is -1.03. The maximum Gasteiger partial charge on any atom is 0.341 e. The van der Waals surface area contributed by atoms with Gasteiger partial charge in [-0.1, -0.05) is 29.8 Å². The fourth-order valence-corrected chi connectivity index (χ4v) is 2.27. The average molecular weight is 330 g/mol. The highest BCUT2D eigenvalue weighted by atomic mass is 35.5. The lowest BCUT2D eigenvalue weighted by Crippen LogP contribution is -2.09. The third kappa shape index (κ3) is 3.70. The molecule has 3 aromatic rings. The lowest BCUT2D eigenvalue weighted by molar-refractivity contribution is -0.139. The Labute approximate surface area is 137 Å². The van der Waals surface area contributed by atoms with Crippen molar-refractivity contribution >= 4 is 28.3 Å². The highest BCUT2D eigenvalue weighted by Gasteiger charge is 2.08. The van der Waals surface area contributed by atoms with Crippen molar-refractivity contribution in [3.8, 4) is 17.4 Å². The predicted molar refractivity (Wildman–Crippen MR) is 86.4 cm³/mol. The monoisotopic (exact) mass is 329 g/mol. The van der Waals surface area contributed by atoms with Gasteiger partial charge in [0.15, 0.2) is 6.61 Å². The number of rotatable bonds is 5. The molecule has 1 aromatic heterocycles. The van der Waals surface area contributed by atoms with E-state index in [0.29, 0.717) is 22.5 Å². The molecule has 0 unspecified atom stereocenters. The van der Waals surface area contributed by atoms with Gasteiger partial charge in [0.1, 0.15) is 16.7 Å². The number of hydrogen-bond acceptors (Lipinski definition) is 4. The Morgan fingerprint density at radius 3 is 2.52 bits per heavy atom. The molecule has 0 aliphatic carbocycles. The van der Waals surface area contributed by atoms with Crippen molar-refractivity contribution < 1.29 is 19.4 Å². The number of carboxylic acids is 1. The second-order valence-corrected chi connectivity index (χ2v) is 5.11. The molecule has 1 heterocycles. The third-order valence-corrected chi connectivity index (χ3v) is 3.27. The van der Waals surface area contributed by atoms with E-state index < -0.39 is 5.97 Å². The van der Waals surface area contributed by atoms with Gasteiger partial charge in [-0.2, -0.15) is 0 Å². The number of ether oxygens (including phenoxy) is 2. The van der Waals surface area contributed by atoms with Gasteiger partial charge in [-0.3, -0.25) is 0 Å². The molecule has 2 aromatic carbocycles. The van der Waals surface area contributed by atoms with Crippen LogP contribution in [0.15, 0.2) is 54.6 Å². The van der Waals surface area contributed by atoms with Gasteiger partial charge >= 0.3 is 5.97 Å². The second kappa shape index (κ2) is 6.54. The van der Waals surface area contributed by atoms with Crippen molar-refractivity contribution in [2.75, 3.05) is 6.61 Å². The summed E-state index contributed by atoms with van der Waals surface area (Å²) in [5.74, 6) is 0.378. The molecule has 0 aliphatic heterocycles. The van der Waals surface area contributed by atoms with Crippen molar-refractivity contribution in [2.24, 2.45) is 0 Å². The number of pyridine rings is 1. The van der Waals surface area contributed by atoms with Crippen molar-refractivity contribution in [3.63, 3.8) is 0 Å². The molecule has 0 radical (unpaired) electrons. The van der Waals surface area contributed by atoms with Gasteiger partial charge in [0, 0.05) is 5.39 Å². The number of hydrogen-bond donors (Lipinski definition) is 1. The van der Waals surface area contributed by atoms with Gasteiger partial charge in [-0.15, -0.1) is 0 Å². The van der Waals surface area contributed by atoms with Crippen LogP contribution in [-0.4, -0.2) is 22.7 Å². The van der Waals surface area contributed by atoms with Crippen LogP contribution in [0, 0.1) is 0 Å². The van der Waals surface area contributed by atoms with Crippen LogP contribution >= 0.6 is 11.6 Å². The summed E-state index contributed by atoms with van der Waals surface area (Å²) < 4.78 is 10.9. The van der Waals surface area contributed by atoms with Gasteiger partial charge in [-0.25, -0.2) is 9.78 Å². The number of carboxylic acid groups (broad SMARTS) is 1. The van der Waals surface area contributed by atoms with Crippen LogP contribution in [0.2, 0.25) is 5.15 Å². The van der Waals surface area contributed by atoms with Crippen LogP contribution in [0.1, 0.15) is 0 Å². The molecule has 0 amide bonds. The summed E-state index contributed by atoms with van der Waals surface area (Å²) in [5.41, 5.74) is 0. The lowest BCUT2D eigenvalue weighted by Gasteiger charge is -2.09. The SMILES string of the molecule is O=C(O)COc1ccc(Oc2nc(Cl)cc3ccccc23)cc1. The molecule has 0 atom stereocenters. The molecule has 0 saturated heterocycles. The van der Waals surface area contributed by atoms with Crippen LogP contribution in [-0.2, 0) is 4.79 Å². The van der Waals surface area contributed by atoms with E-state index in [1.165, 1.54) is 0 Å². The fraction of sp³-hybridized carbons (Fsp3) is 0.0588.